The third-order valence-electron chi connectivity index (χ3n) is 3.56. The topological polar surface area (TPSA) is 15.3 Å². The smallest absolute Gasteiger partial charge is 0.0249 e. The third kappa shape index (κ3) is 2.05. The Morgan fingerprint density at radius 1 is 1.15 bits per heavy atom. The summed E-state index contributed by atoms with van der Waals surface area (Å²) in [5, 5.41) is 3.64. The molecule has 0 bridgehead atoms. The molecule has 2 aliphatic rings. The first-order chi connectivity index (χ1) is 6.42. The van der Waals surface area contributed by atoms with Gasteiger partial charge >= 0.3 is 0 Å². The minimum absolute atomic E-state index is 0.791. The fourth-order valence-electron chi connectivity index (χ4n) is 2.96. The Morgan fingerprint density at radius 3 is 2.85 bits per heavy atom. The number of likely N-dealkylation sites (N-methyl/N-ethyl adjacent to an activating group) is 1. The Hall–Kier alpha value is -0.0800. The molecule has 2 saturated heterocycles. The minimum Gasteiger partial charge on any atom is -0.313 e. The molecular formula is C11H22N2. The molecule has 0 aromatic heterocycles. The molecule has 0 amide bonds. The van der Waals surface area contributed by atoms with Crippen LogP contribution in [0.3, 0.4) is 0 Å². The van der Waals surface area contributed by atoms with E-state index in [-0.39, 0.29) is 0 Å². The average Bonchev–Trinajstić information content (AvgIpc) is 2.19. The number of nitrogens with one attached hydrogen (secondary N) is 1. The predicted molar refractivity (Wildman–Crippen MR) is 55.9 cm³/mol. The van der Waals surface area contributed by atoms with Crippen molar-refractivity contribution < 1.29 is 0 Å². The van der Waals surface area contributed by atoms with Crippen molar-refractivity contribution in [3.05, 3.63) is 0 Å². The maximum Gasteiger partial charge on any atom is 0.0249 e. The summed E-state index contributed by atoms with van der Waals surface area (Å²) in [6, 6.07) is 1.65. The summed E-state index contributed by atoms with van der Waals surface area (Å²) in [6.45, 7) is 6.07. The van der Waals surface area contributed by atoms with Crippen molar-refractivity contribution in [2.45, 2.75) is 51.1 Å². The number of piperidine rings is 2. The van der Waals surface area contributed by atoms with Crippen LogP contribution in [-0.2, 0) is 0 Å². The first-order valence-electron chi connectivity index (χ1n) is 5.89. The Kier molecular flexibility index (Phi) is 3.23. The number of hydrogen-bond acceptors (Lipinski definition) is 2. The third-order valence-corrected chi connectivity index (χ3v) is 3.56. The van der Waals surface area contributed by atoms with Crippen molar-refractivity contribution in [1.29, 1.82) is 0 Å². The van der Waals surface area contributed by atoms with Gasteiger partial charge in [-0.15, -0.1) is 0 Å². The van der Waals surface area contributed by atoms with Gasteiger partial charge in [0.1, 0.15) is 0 Å². The van der Waals surface area contributed by atoms with Crippen molar-refractivity contribution >= 4 is 0 Å². The highest BCUT2D eigenvalue weighted by molar-refractivity contribution is 4.90. The number of fused-ring (bicyclic) bond motifs is 1. The molecule has 0 unspecified atom stereocenters. The lowest BCUT2D eigenvalue weighted by molar-refractivity contribution is 0.0783. The van der Waals surface area contributed by atoms with Gasteiger partial charge in [0.15, 0.2) is 0 Å². The highest BCUT2D eigenvalue weighted by Crippen LogP contribution is 2.26. The molecule has 2 aliphatic heterocycles. The quantitative estimate of drug-likeness (QED) is 0.698. The zero-order chi connectivity index (χ0) is 9.10. The average molecular weight is 182 g/mol. The Labute approximate surface area is 81.7 Å². The first kappa shape index (κ1) is 9.47. The molecule has 0 aliphatic carbocycles. The second-order valence-corrected chi connectivity index (χ2v) is 4.41. The van der Waals surface area contributed by atoms with Crippen LogP contribution < -0.4 is 5.32 Å². The number of hydrogen-bond donors (Lipinski definition) is 1. The summed E-state index contributed by atoms with van der Waals surface area (Å²) < 4.78 is 0. The van der Waals surface area contributed by atoms with Crippen LogP contribution in [0.1, 0.15) is 39.0 Å². The summed E-state index contributed by atoms with van der Waals surface area (Å²) in [4.78, 5) is 2.71. The van der Waals surface area contributed by atoms with E-state index in [1.54, 1.807) is 0 Å². The number of rotatable bonds is 2. The van der Waals surface area contributed by atoms with Crippen molar-refractivity contribution in [3.63, 3.8) is 0 Å². The predicted octanol–water partition coefficient (Wildman–Crippen LogP) is 1.61. The molecule has 2 rings (SSSR count). The summed E-state index contributed by atoms with van der Waals surface area (Å²) in [6.07, 6.45) is 7.10. The molecule has 13 heavy (non-hydrogen) atoms. The van der Waals surface area contributed by atoms with Gasteiger partial charge in [0.25, 0.3) is 0 Å². The van der Waals surface area contributed by atoms with Gasteiger partial charge in [-0.2, -0.15) is 0 Å². The van der Waals surface area contributed by atoms with Gasteiger partial charge in [-0.3, -0.25) is 4.90 Å². The zero-order valence-electron chi connectivity index (χ0n) is 8.76. The van der Waals surface area contributed by atoms with E-state index in [0.717, 1.165) is 18.6 Å². The van der Waals surface area contributed by atoms with Gasteiger partial charge in [-0.25, -0.2) is 0 Å². The van der Waals surface area contributed by atoms with Crippen molar-refractivity contribution in [1.82, 2.24) is 10.2 Å². The second-order valence-electron chi connectivity index (χ2n) is 4.41. The van der Waals surface area contributed by atoms with Crippen LogP contribution in [0.4, 0.5) is 0 Å². The molecule has 2 nitrogen and oxygen atoms in total. The standard InChI is InChI=1S/C11H22N2/c1-2-12-10-6-5-9-13-8-4-3-7-11(10)13/h10-12H,2-9H2,1H3/t10-,11-/m0/s1. The minimum atomic E-state index is 0.791. The maximum atomic E-state index is 3.64. The molecular weight excluding hydrogens is 160 g/mol. The number of nitrogens with zero attached hydrogens (tertiary/aromatic N) is 1. The van der Waals surface area contributed by atoms with Crippen LogP contribution in [0, 0.1) is 0 Å². The van der Waals surface area contributed by atoms with Crippen molar-refractivity contribution in [2.75, 3.05) is 19.6 Å². The van der Waals surface area contributed by atoms with Crippen LogP contribution in [0.2, 0.25) is 0 Å². The highest BCUT2D eigenvalue weighted by atomic mass is 15.2. The monoisotopic (exact) mass is 182 g/mol. The molecule has 0 saturated carbocycles. The SMILES string of the molecule is CCN[C@H]1CCCN2CCCC[C@@H]12. The lowest BCUT2D eigenvalue weighted by atomic mass is 9.89. The fourth-order valence-corrected chi connectivity index (χ4v) is 2.96. The fraction of sp³-hybridized carbons (Fsp3) is 1.00. The summed E-state index contributed by atoms with van der Waals surface area (Å²) in [5.74, 6) is 0. The molecule has 1 N–H and O–H groups in total. The second kappa shape index (κ2) is 4.43. The van der Waals surface area contributed by atoms with E-state index in [9.17, 15) is 0 Å². The molecule has 0 radical (unpaired) electrons. The van der Waals surface area contributed by atoms with Crippen LogP contribution >= 0.6 is 0 Å². The maximum absolute atomic E-state index is 3.64. The van der Waals surface area contributed by atoms with Gasteiger partial charge in [-0.1, -0.05) is 13.3 Å². The van der Waals surface area contributed by atoms with Gasteiger partial charge in [0, 0.05) is 12.1 Å². The molecule has 2 atom stereocenters. The van der Waals surface area contributed by atoms with E-state index < -0.39 is 0 Å². The van der Waals surface area contributed by atoms with Crippen molar-refractivity contribution in [2.24, 2.45) is 0 Å². The van der Waals surface area contributed by atoms with E-state index in [2.05, 4.69) is 17.1 Å². The van der Waals surface area contributed by atoms with E-state index in [4.69, 9.17) is 0 Å². The van der Waals surface area contributed by atoms with E-state index in [0.29, 0.717) is 0 Å². The molecule has 2 heteroatoms. The molecule has 76 valence electrons. The van der Waals surface area contributed by atoms with E-state index in [1.807, 2.05) is 0 Å². The molecule has 2 fully saturated rings. The van der Waals surface area contributed by atoms with E-state index >= 15 is 0 Å². The Bertz CT molecular complexity index is 154. The van der Waals surface area contributed by atoms with Gasteiger partial charge < -0.3 is 5.32 Å². The molecule has 2 heterocycles. The first-order valence-corrected chi connectivity index (χ1v) is 5.89. The summed E-state index contributed by atoms with van der Waals surface area (Å²) in [7, 11) is 0. The highest BCUT2D eigenvalue weighted by Gasteiger charge is 2.31. The normalized spacial score (nSPS) is 35.8. The Morgan fingerprint density at radius 2 is 2.00 bits per heavy atom. The summed E-state index contributed by atoms with van der Waals surface area (Å²) in [5.41, 5.74) is 0. The van der Waals surface area contributed by atoms with Gasteiger partial charge in [0.05, 0.1) is 0 Å². The Balaban J connectivity index is 1.94. The van der Waals surface area contributed by atoms with Crippen LogP contribution in [-0.4, -0.2) is 36.6 Å². The largest absolute Gasteiger partial charge is 0.313 e. The lowest BCUT2D eigenvalue weighted by Crippen LogP contribution is -2.55. The van der Waals surface area contributed by atoms with Crippen LogP contribution in [0.25, 0.3) is 0 Å². The molecule has 0 spiro atoms. The van der Waals surface area contributed by atoms with Crippen molar-refractivity contribution in [3.8, 4) is 0 Å². The van der Waals surface area contributed by atoms with E-state index in [1.165, 1.54) is 45.2 Å². The zero-order valence-corrected chi connectivity index (χ0v) is 8.76. The van der Waals surface area contributed by atoms with Crippen LogP contribution in [0.15, 0.2) is 0 Å². The summed E-state index contributed by atoms with van der Waals surface area (Å²) >= 11 is 0. The molecule has 0 aromatic rings. The van der Waals surface area contributed by atoms with Crippen LogP contribution in [0.5, 0.6) is 0 Å². The van der Waals surface area contributed by atoms with Gasteiger partial charge in [0.2, 0.25) is 0 Å². The molecule has 0 aromatic carbocycles. The lowest BCUT2D eigenvalue weighted by Gasteiger charge is -2.44. The van der Waals surface area contributed by atoms with Gasteiger partial charge in [-0.05, 0) is 45.3 Å².